The molecule has 0 bridgehead atoms. The van der Waals surface area contributed by atoms with Crippen molar-refractivity contribution in [1.82, 2.24) is 10.2 Å². The minimum atomic E-state index is -4.08. The Hall–Kier alpha value is -3.65. The van der Waals surface area contributed by atoms with Crippen molar-refractivity contribution in [3.63, 3.8) is 0 Å². The van der Waals surface area contributed by atoms with Crippen LogP contribution >= 0.6 is 0 Å². The molecule has 1 fully saturated rings. The largest absolute Gasteiger partial charge is 0.352 e. The van der Waals surface area contributed by atoms with E-state index in [9.17, 15) is 18.0 Å². The average Bonchev–Trinajstić information content (AvgIpc) is 2.96. The number of benzene rings is 3. The first-order valence-corrected chi connectivity index (χ1v) is 16.3. The third kappa shape index (κ3) is 8.00. The second-order valence-corrected chi connectivity index (χ2v) is 13.4. The zero-order valence-electron chi connectivity index (χ0n) is 25.2. The predicted octanol–water partition coefficient (Wildman–Crippen LogP) is 5.72. The average molecular weight is 590 g/mol. The number of carbonyl (C=O) groups is 2. The van der Waals surface area contributed by atoms with Crippen molar-refractivity contribution in [1.29, 1.82) is 0 Å². The van der Waals surface area contributed by atoms with E-state index < -0.39 is 28.5 Å². The van der Waals surface area contributed by atoms with Crippen molar-refractivity contribution in [2.45, 2.75) is 83.2 Å². The summed E-state index contributed by atoms with van der Waals surface area (Å²) in [6.07, 6.45) is 5.75. The molecule has 0 heterocycles. The number of nitrogens with one attached hydrogen (secondary N) is 1. The second-order valence-electron chi connectivity index (χ2n) is 11.5. The molecule has 42 heavy (non-hydrogen) atoms. The summed E-state index contributed by atoms with van der Waals surface area (Å²) in [5, 5.41) is 3.15. The van der Waals surface area contributed by atoms with Gasteiger partial charge in [0.1, 0.15) is 12.6 Å². The molecule has 0 saturated heterocycles. The standard InChI is InChI=1S/C34H43N3O4S/c1-25-15-17-32(18-16-25)42(40,41)37(31-22-26(2)21-27(3)23-31)24-33(38)36(20-19-29-11-7-5-8-12-29)28(4)34(39)35-30-13-9-6-10-14-30/h5,7-8,11-12,15-18,21-23,28,30H,6,9-10,13-14,19-20,24H2,1-4H3,(H,35,39). The fourth-order valence-corrected chi connectivity index (χ4v) is 7.00. The molecule has 4 rings (SSSR count). The van der Waals surface area contributed by atoms with Gasteiger partial charge < -0.3 is 10.2 Å². The number of carbonyl (C=O) groups excluding carboxylic acids is 2. The molecule has 3 aromatic rings. The molecule has 1 saturated carbocycles. The molecule has 0 aliphatic heterocycles. The second kappa shape index (κ2) is 14.0. The van der Waals surface area contributed by atoms with E-state index in [2.05, 4.69) is 5.32 Å². The van der Waals surface area contributed by atoms with Gasteiger partial charge in [-0.25, -0.2) is 8.42 Å². The summed E-state index contributed by atoms with van der Waals surface area (Å²) in [5.41, 5.74) is 4.18. The van der Waals surface area contributed by atoms with Crippen LogP contribution in [0.25, 0.3) is 0 Å². The predicted molar refractivity (Wildman–Crippen MR) is 168 cm³/mol. The van der Waals surface area contributed by atoms with Crippen LogP contribution in [0.2, 0.25) is 0 Å². The number of hydrogen-bond acceptors (Lipinski definition) is 4. The molecular formula is C34H43N3O4S. The molecule has 2 amide bonds. The molecule has 1 atom stereocenters. The van der Waals surface area contributed by atoms with Crippen molar-refractivity contribution < 1.29 is 18.0 Å². The summed E-state index contributed by atoms with van der Waals surface area (Å²) < 4.78 is 29.3. The van der Waals surface area contributed by atoms with E-state index >= 15 is 0 Å². The maximum Gasteiger partial charge on any atom is 0.264 e. The quantitative estimate of drug-likeness (QED) is 0.310. The monoisotopic (exact) mass is 589 g/mol. The minimum Gasteiger partial charge on any atom is -0.352 e. The Balaban J connectivity index is 1.66. The molecule has 0 aromatic heterocycles. The number of aryl methyl sites for hydroxylation is 3. The lowest BCUT2D eigenvalue weighted by Crippen LogP contribution is -2.53. The van der Waals surface area contributed by atoms with Gasteiger partial charge in [-0.3, -0.25) is 13.9 Å². The van der Waals surface area contributed by atoms with Crippen LogP contribution in [0.1, 0.15) is 61.3 Å². The lowest BCUT2D eigenvalue weighted by atomic mass is 9.95. The van der Waals surface area contributed by atoms with Crippen molar-refractivity contribution >= 4 is 27.5 Å². The third-order valence-electron chi connectivity index (χ3n) is 7.99. The van der Waals surface area contributed by atoms with E-state index in [-0.39, 0.29) is 23.4 Å². The van der Waals surface area contributed by atoms with Gasteiger partial charge >= 0.3 is 0 Å². The molecule has 0 spiro atoms. The fraction of sp³-hybridized carbons (Fsp3) is 0.412. The molecule has 0 radical (unpaired) electrons. The molecule has 224 valence electrons. The molecule has 7 nitrogen and oxygen atoms in total. The summed E-state index contributed by atoms with van der Waals surface area (Å²) >= 11 is 0. The number of hydrogen-bond donors (Lipinski definition) is 1. The highest BCUT2D eigenvalue weighted by molar-refractivity contribution is 7.92. The lowest BCUT2D eigenvalue weighted by molar-refractivity contribution is -0.139. The van der Waals surface area contributed by atoms with E-state index in [0.717, 1.165) is 47.9 Å². The molecule has 1 aliphatic rings. The Morgan fingerprint density at radius 1 is 0.857 bits per heavy atom. The highest BCUT2D eigenvalue weighted by atomic mass is 32.2. The van der Waals surface area contributed by atoms with Crippen molar-refractivity contribution in [2.24, 2.45) is 0 Å². The van der Waals surface area contributed by atoms with Crippen LogP contribution < -0.4 is 9.62 Å². The van der Waals surface area contributed by atoms with Crippen LogP contribution in [-0.2, 0) is 26.0 Å². The smallest absolute Gasteiger partial charge is 0.264 e. The number of amides is 2. The number of sulfonamides is 1. The number of nitrogens with zero attached hydrogens (tertiary/aromatic N) is 2. The molecule has 1 aliphatic carbocycles. The normalized spacial score (nSPS) is 14.7. The molecule has 3 aromatic carbocycles. The van der Waals surface area contributed by atoms with Crippen LogP contribution in [0.5, 0.6) is 0 Å². The van der Waals surface area contributed by atoms with E-state index in [1.165, 1.54) is 15.6 Å². The van der Waals surface area contributed by atoms with Gasteiger partial charge in [0.25, 0.3) is 10.0 Å². The Morgan fingerprint density at radius 2 is 1.48 bits per heavy atom. The van der Waals surface area contributed by atoms with Crippen molar-refractivity contribution in [3.05, 3.63) is 95.1 Å². The zero-order chi connectivity index (χ0) is 30.3. The Morgan fingerprint density at radius 3 is 2.10 bits per heavy atom. The highest BCUT2D eigenvalue weighted by Gasteiger charge is 2.33. The summed E-state index contributed by atoms with van der Waals surface area (Å²) in [6.45, 7) is 7.29. The van der Waals surface area contributed by atoms with Gasteiger partial charge in [-0.1, -0.05) is 73.4 Å². The van der Waals surface area contributed by atoms with Gasteiger partial charge in [-0.05, 0) is 87.9 Å². The van der Waals surface area contributed by atoms with Gasteiger partial charge in [0.15, 0.2) is 0 Å². The van der Waals surface area contributed by atoms with E-state index in [1.807, 2.05) is 57.2 Å². The first kappa shape index (κ1) is 31.3. The first-order chi connectivity index (χ1) is 20.0. The van der Waals surface area contributed by atoms with Crippen LogP contribution in [0.15, 0.2) is 77.7 Å². The highest BCUT2D eigenvalue weighted by Crippen LogP contribution is 2.27. The maximum absolute atomic E-state index is 14.1. The molecule has 8 heteroatoms. The van der Waals surface area contributed by atoms with Crippen LogP contribution in [0.4, 0.5) is 5.69 Å². The van der Waals surface area contributed by atoms with Crippen LogP contribution in [0.3, 0.4) is 0 Å². The lowest BCUT2D eigenvalue weighted by Gasteiger charge is -2.33. The van der Waals surface area contributed by atoms with Crippen molar-refractivity contribution in [3.8, 4) is 0 Å². The van der Waals surface area contributed by atoms with E-state index in [1.54, 1.807) is 43.3 Å². The number of anilines is 1. The fourth-order valence-electron chi connectivity index (χ4n) is 5.60. The Kier molecular flexibility index (Phi) is 10.4. The van der Waals surface area contributed by atoms with Crippen LogP contribution in [-0.4, -0.2) is 50.3 Å². The summed E-state index contributed by atoms with van der Waals surface area (Å²) in [4.78, 5) is 29.2. The summed E-state index contributed by atoms with van der Waals surface area (Å²) in [5.74, 6) is -0.630. The topological polar surface area (TPSA) is 86.8 Å². The number of rotatable bonds is 11. The Labute approximate surface area is 251 Å². The zero-order valence-corrected chi connectivity index (χ0v) is 26.0. The van der Waals surface area contributed by atoms with Gasteiger partial charge in [0, 0.05) is 12.6 Å². The summed E-state index contributed by atoms with van der Waals surface area (Å²) in [6, 6.07) is 21.3. The SMILES string of the molecule is Cc1ccc(S(=O)(=O)N(CC(=O)N(CCc2ccccc2)C(C)C(=O)NC2CCCCC2)c2cc(C)cc(C)c2)cc1. The van der Waals surface area contributed by atoms with Gasteiger partial charge in [-0.2, -0.15) is 0 Å². The van der Waals surface area contributed by atoms with Gasteiger partial charge in [0.05, 0.1) is 10.6 Å². The maximum atomic E-state index is 14.1. The van der Waals surface area contributed by atoms with Gasteiger partial charge in [-0.15, -0.1) is 0 Å². The van der Waals surface area contributed by atoms with Gasteiger partial charge in [0.2, 0.25) is 11.8 Å². The van der Waals surface area contributed by atoms with Crippen LogP contribution in [0, 0.1) is 20.8 Å². The third-order valence-corrected chi connectivity index (χ3v) is 9.77. The van der Waals surface area contributed by atoms with E-state index in [0.29, 0.717) is 12.1 Å². The Bertz CT molecular complexity index is 1450. The van der Waals surface area contributed by atoms with E-state index in [4.69, 9.17) is 0 Å². The summed E-state index contributed by atoms with van der Waals surface area (Å²) in [7, 11) is -4.08. The van der Waals surface area contributed by atoms with Crippen molar-refractivity contribution in [2.75, 3.05) is 17.4 Å². The molecular weight excluding hydrogens is 546 g/mol. The molecule has 1 N–H and O–H groups in total. The minimum absolute atomic E-state index is 0.105. The first-order valence-electron chi connectivity index (χ1n) is 14.9. The molecule has 1 unspecified atom stereocenters.